The van der Waals surface area contributed by atoms with Crippen LogP contribution in [0.3, 0.4) is 0 Å². The van der Waals surface area contributed by atoms with Gasteiger partial charge in [-0.2, -0.15) is 13.2 Å². The molecule has 1 aromatic heterocycles. The number of aromatic nitrogens is 1. The van der Waals surface area contributed by atoms with E-state index in [9.17, 15) is 22.8 Å². The third-order valence-electron chi connectivity index (χ3n) is 3.65. The zero-order valence-corrected chi connectivity index (χ0v) is 16.1. The minimum Gasteiger partial charge on any atom is -0.463 e. The number of alkyl halides is 3. The highest BCUT2D eigenvalue weighted by Crippen LogP contribution is 2.32. The van der Waals surface area contributed by atoms with Crippen molar-refractivity contribution in [2.75, 3.05) is 6.61 Å². The van der Waals surface area contributed by atoms with E-state index in [-0.39, 0.29) is 18.7 Å². The fourth-order valence-corrected chi connectivity index (χ4v) is 2.61. The van der Waals surface area contributed by atoms with Crippen LogP contribution in [0.25, 0.3) is 17.0 Å². The van der Waals surface area contributed by atoms with Crippen LogP contribution in [0.4, 0.5) is 13.2 Å². The van der Waals surface area contributed by atoms with Crippen molar-refractivity contribution >= 4 is 28.9 Å². The average Bonchev–Trinajstić information content (AvgIpc) is 2.87. The van der Waals surface area contributed by atoms with Gasteiger partial charge in [0.05, 0.1) is 12.2 Å². The standard InChI is InChI=1S/C20H22F3NO4/c1-5-27-17(25)9-8-15-10-13-6-7-14(20(21,22)23)11-16(13)24(15)12-18(26)28-19(2,3)4/h6-11H,5,12H2,1-4H3/b9-8+. The van der Waals surface area contributed by atoms with Crippen LogP contribution in [0.2, 0.25) is 0 Å². The quantitative estimate of drug-likeness (QED) is 0.548. The highest BCUT2D eigenvalue weighted by atomic mass is 19.4. The van der Waals surface area contributed by atoms with Crippen LogP contribution < -0.4 is 0 Å². The van der Waals surface area contributed by atoms with E-state index >= 15 is 0 Å². The predicted octanol–water partition coefficient (Wildman–Crippen LogP) is 4.58. The van der Waals surface area contributed by atoms with Gasteiger partial charge in [0.25, 0.3) is 0 Å². The summed E-state index contributed by atoms with van der Waals surface area (Å²) in [5, 5.41) is 0.500. The molecule has 8 heteroatoms. The molecule has 1 heterocycles. The van der Waals surface area contributed by atoms with Crippen molar-refractivity contribution in [3.63, 3.8) is 0 Å². The molecule has 28 heavy (non-hydrogen) atoms. The molecule has 0 saturated heterocycles. The molecule has 2 aromatic rings. The molecule has 0 aliphatic heterocycles. The monoisotopic (exact) mass is 397 g/mol. The Morgan fingerprint density at radius 3 is 2.39 bits per heavy atom. The van der Waals surface area contributed by atoms with E-state index < -0.39 is 29.3 Å². The summed E-state index contributed by atoms with van der Waals surface area (Å²) >= 11 is 0. The van der Waals surface area contributed by atoms with Gasteiger partial charge in [-0.1, -0.05) is 6.07 Å². The Kier molecular flexibility index (Phi) is 6.21. The Balaban J connectivity index is 2.51. The Hall–Kier alpha value is -2.77. The SMILES string of the molecule is CCOC(=O)/C=C/c1cc2ccc(C(F)(F)F)cc2n1CC(=O)OC(C)(C)C. The first-order valence-electron chi connectivity index (χ1n) is 8.68. The van der Waals surface area contributed by atoms with E-state index in [1.165, 1.54) is 16.7 Å². The van der Waals surface area contributed by atoms with E-state index in [1.807, 2.05) is 0 Å². The lowest BCUT2D eigenvalue weighted by Gasteiger charge is -2.20. The van der Waals surface area contributed by atoms with Crippen molar-refractivity contribution in [3.8, 4) is 0 Å². The number of halogens is 3. The molecule has 0 aliphatic carbocycles. The van der Waals surface area contributed by atoms with Gasteiger partial charge in [-0.3, -0.25) is 4.79 Å². The van der Waals surface area contributed by atoms with E-state index in [2.05, 4.69) is 0 Å². The van der Waals surface area contributed by atoms with E-state index in [4.69, 9.17) is 9.47 Å². The molecule has 5 nitrogen and oxygen atoms in total. The minimum atomic E-state index is -4.52. The van der Waals surface area contributed by atoms with Gasteiger partial charge in [-0.15, -0.1) is 0 Å². The van der Waals surface area contributed by atoms with E-state index in [0.717, 1.165) is 18.2 Å². The summed E-state index contributed by atoms with van der Waals surface area (Å²) in [5.74, 6) is -1.19. The van der Waals surface area contributed by atoms with Gasteiger partial charge in [-0.05, 0) is 52.0 Å². The third-order valence-corrected chi connectivity index (χ3v) is 3.65. The van der Waals surface area contributed by atoms with Gasteiger partial charge in [-0.25, -0.2) is 4.79 Å². The van der Waals surface area contributed by atoms with Gasteiger partial charge < -0.3 is 14.0 Å². The summed E-state index contributed by atoms with van der Waals surface area (Å²) in [5.41, 5.74) is -0.972. The number of nitrogens with zero attached hydrogens (tertiary/aromatic N) is 1. The fourth-order valence-electron chi connectivity index (χ4n) is 2.61. The van der Waals surface area contributed by atoms with Crippen molar-refractivity contribution in [2.45, 2.75) is 46.0 Å². The molecular formula is C20H22F3NO4. The number of carbonyl (C=O) groups is 2. The molecule has 0 atom stereocenters. The summed E-state index contributed by atoms with van der Waals surface area (Å²) in [4.78, 5) is 23.8. The molecule has 0 bridgehead atoms. The zero-order chi connectivity index (χ0) is 21.1. The van der Waals surface area contributed by atoms with Crippen molar-refractivity contribution < 1.29 is 32.2 Å². The maximum absolute atomic E-state index is 13.1. The van der Waals surface area contributed by atoms with Gasteiger partial charge in [0, 0.05) is 22.7 Å². The van der Waals surface area contributed by atoms with Crippen LogP contribution in [0.5, 0.6) is 0 Å². The molecule has 2 rings (SSSR count). The highest BCUT2D eigenvalue weighted by molar-refractivity contribution is 5.90. The maximum Gasteiger partial charge on any atom is 0.416 e. The summed E-state index contributed by atoms with van der Waals surface area (Å²) in [7, 11) is 0. The second-order valence-electron chi connectivity index (χ2n) is 7.10. The second-order valence-corrected chi connectivity index (χ2v) is 7.10. The van der Waals surface area contributed by atoms with Gasteiger partial charge in [0.2, 0.25) is 0 Å². The molecule has 0 saturated carbocycles. The molecule has 0 N–H and O–H groups in total. The first-order valence-corrected chi connectivity index (χ1v) is 8.68. The average molecular weight is 397 g/mol. The summed E-state index contributed by atoms with van der Waals surface area (Å²) in [6.45, 7) is 6.64. The van der Waals surface area contributed by atoms with Crippen molar-refractivity contribution in [2.24, 2.45) is 0 Å². The Morgan fingerprint density at radius 1 is 1.14 bits per heavy atom. The van der Waals surface area contributed by atoms with Gasteiger partial charge >= 0.3 is 18.1 Å². The molecular weight excluding hydrogens is 375 g/mol. The third kappa shape index (κ3) is 5.61. The summed E-state index contributed by atoms with van der Waals surface area (Å²) < 4.78 is 50.8. The molecule has 0 radical (unpaired) electrons. The minimum absolute atomic E-state index is 0.193. The van der Waals surface area contributed by atoms with Crippen LogP contribution in [0, 0.1) is 0 Å². The van der Waals surface area contributed by atoms with Crippen LogP contribution in [0.1, 0.15) is 39.0 Å². The van der Waals surface area contributed by atoms with Crippen molar-refractivity contribution in [1.29, 1.82) is 0 Å². The highest BCUT2D eigenvalue weighted by Gasteiger charge is 2.31. The van der Waals surface area contributed by atoms with Gasteiger partial charge in [0.15, 0.2) is 0 Å². The number of fused-ring (bicyclic) bond motifs is 1. The number of benzene rings is 1. The number of esters is 2. The molecule has 152 valence electrons. The van der Waals surface area contributed by atoms with E-state index in [0.29, 0.717) is 11.1 Å². The Bertz CT molecular complexity index is 905. The van der Waals surface area contributed by atoms with Crippen molar-refractivity contribution in [1.82, 2.24) is 4.57 Å². The van der Waals surface area contributed by atoms with Crippen LogP contribution >= 0.6 is 0 Å². The smallest absolute Gasteiger partial charge is 0.416 e. The number of ether oxygens (including phenoxy) is 2. The molecule has 0 fully saturated rings. The lowest BCUT2D eigenvalue weighted by molar-refractivity contribution is -0.155. The summed E-state index contributed by atoms with van der Waals surface area (Å²) in [6, 6.07) is 4.86. The second kappa shape index (κ2) is 8.08. The predicted molar refractivity (Wildman–Crippen MR) is 98.5 cm³/mol. The lowest BCUT2D eigenvalue weighted by Crippen LogP contribution is -2.26. The summed E-state index contributed by atoms with van der Waals surface area (Å²) in [6.07, 6.45) is -1.96. The lowest BCUT2D eigenvalue weighted by atomic mass is 10.1. The molecule has 0 unspecified atom stereocenters. The van der Waals surface area contributed by atoms with Crippen LogP contribution in [0.15, 0.2) is 30.3 Å². The molecule has 0 spiro atoms. The molecule has 0 aliphatic rings. The Labute approximate surface area is 160 Å². The number of rotatable bonds is 5. The number of hydrogen-bond acceptors (Lipinski definition) is 4. The van der Waals surface area contributed by atoms with E-state index in [1.54, 1.807) is 33.8 Å². The fraction of sp³-hybridized carbons (Fsp3) is 0.400. The number of hydrogen-bond donors (Lipinski definition) is 0. The maximum atomic E-state index is 13.1. The largest absolute Gasteiger partial charge is 0.463 e. The first-order chi connectivity index (χ1) is 12.9. The van der Waals surface area contributed by atoms with Crippen molar-refractivity contribution in [3.05, 3.63) is 41.6 Å². The van der Waals surface area contributed by atoms with Crippen LogP contribution in [-0.4, -0.2) is 28.7 Å². The van der Waals surface area contributed by atoms with Crippen LogP contribution in [-0.2, 0) is 31.8 Å². The Morgan fingerprint density at radius 2 is 1.82 bits per heavy atom. The number of carbonyl (C=O) groups excluding carboxylic acids is 2. The zero-order valence-electron chi connectivity index (χ0n) is 16.1. The van der Waals surface area contributed by atoms with Gasteiger partial charge in [0.1, 0.15) is 12.1 Å². The molecule has 0 amide bonds. The molecule has 1 aromatic carbocycles. The normalized spacial score (nSPS) is 12.5. The topological polar surface area (TPSA) is 57.5 Å². The first kappa shape index (κ1) is 21.5.